The number of anilines is 1. The number of ether oxygens (including phenoxy) is 2. The molecule has 0 bridgehead atoms. The zero-order valence-electron chi connectivity index (χ0n) is 18.4. The average molecular weight is 627 g/mol. The lowest BCUT2D eigenvalue weighted by Crippen LogP contribution is -2.44. The third-order valence-electron chi connectivity index (χ3n) is 5.07. The SMILES string of the molecule is COC(=O)[C@H]1C(=O)NC(SCC(=O)Nc2ccc(Br)cc2F)=C(C#N)[C@H]1c1ccc(OC)c(Br)c1. The van der Waals surface area contributed by atoms with Gasteiger partial charge >= 0.3 is 5.97 Å². The molecule has 0 spiro atoms. The number of rotatable bonds is 7. The average Bonchev–Trinajstić information content (AvgIpc) is 2.83. The molecule has 35 heavy (non-hydrogen) atoms. The standard InChI is InChI=1S/C23H18Br2FN3O5S/c1-33-17-6-3-11(7-14(17)25)19-13(9-27)22(29-21(31)20(19)23(32)34-2)35-10-18(30)28-16-5-4-12(24)8-15(16)26/h3-8,19-20H,10H2,1-2H3,(H,28,30)(H,29,31)/t19-,20-/m1/s1. The first kappa shape index (κ1) is 26.7. The van der Waals surface area contributed by atoms with E-state index in [9.17, 15) is 24.0 Å². The maximum Gasteiger partial charge on any atom is 0.319 e. The van der Waals surface area contributed by atoms with Crippen LogP contribution < -0.4 is 15.4 Å². The van der Waals surface area contributed by atoms with Crippen LogP contribution in [0, 0.1) is 23.1 Å². The van der Waals surface area contributed by atoms with Crippen LogP contribution in [0.4, 0.5) is 10.1 Å². The number of carbonyl (C=O) groups is 3. The summed E-state index contributed by atoms with van der Waals surface area (Å²) in [5.74, 6) is -4.62. The first-order valence-electron chi connectivity index (χ1n) is 9.94. The van der Waals surface area contributed by atoms with E-state index in [0.717, 1.165) is 18.9 Å². The zero-order valence-corrected chi connectivity index (χ0v) is 22.3. The molecule has 0 aliphatic carbocycles. The second-order valence-electron chi connectivity index (χ2n) is 7.18. The van der Waals surface area contributed by atoms with Crippen LogP contribution in [0.5, 0.6) is 5.75 Å². The van der Waals surface area contributed by atoms with Crippen molar-refractivity contribution in [2.75, 3.05) is 25.3 Å². The summed E-state index contributed by atoms with van der Waals surface area (Å²) in [6.07, 6.45) is 0. The Labute approximate surface area is 221 Å². The van der Waals surface area contributed by atoms with E-state index >= 15 is 0 Å². The Morgan fingerprint density at radius 2 is 1.97 bits per heavy atom. The van der Waals surface area contributed by atoms with Gasteiger partial charge in [0.05, 0.1) is 46.8 Å². The predicted octanol–water partition coefficient (Wildman–Crippen LogP) is 4.47. The number of amides is 2. The van der Waals surface area contributed by atoms with E-state index in [0.29, 0.717) is 20.3 Å². The van der Waals surface area contributed by atoms with Crippen molar-refractivity contribution in [1.82, 2.24) is 5.32 Å². The van der Waals surface area contributed by atoms with Gasteiger partial charge in [-0.05, 0) is 51.8 Å². The lowest BCUT2D eigenvalue weighted by atomic mass is 9.78. The van der Waals surface area contributed by atoms with E-state index in [4.69, 9.17) is 9.47 Å². The highest BCUT2D eigenvalue weighted by Gasteiger charge is 2.44. The molecule has 2 aromatic carbocycles. The van der Waals surface area contributed by atoms with Gasteiger partial charge in [-0.15, -0.1) is 0 Å². The number of benzene rings is 2. The summed E-state index contributed by atoms with van der Waals surface area (Å²) >= 11 is 7.42. The molecular weight excluding hydrogens is 609 g/mol. The number of allylic oxidation sites excluding steroid dienone is 1. The highest BCUT2D eigenvalue weighted by Crippen LogP contribution is 2.42. The summed E-state index contributed by atoms with van der Waals surface area (Å²) in [5, 5.41) is 15.1. The van der Waals surface area contributed by atoms with Crippen LogP contribution in [0.1, 0.15) is 11.5 Å². The van der Waals surface area contributed by atoms with Crippen LogP contribution in [0.3, 0.4) is 0 Å². The van der Waals surface area contributed by atoms with Crippen LogP contribution >= 0.6 is 43.6 Å². The first-order chi connectivity index (χ1) is 16.7. The van der Waals surface area contributed by atoms with Crippen LogP contribution in [0.15, 0.2) is 55.9 Å². The van der Waals surface area contributed by atoms with Gasteiger partial charge in [-0.25, -0.2) is 4.39 Å². The Morgan fingerprint density at radius 3 is 2.57 bits per heavy atom. The summed E-state index contributed by atoms with van der Waals surface area (Å²) in [6.45, 7) is 0. The molecule has 8 nitrogen and oxygen atoms in total. The van der Waals surface area contributed by atoms with Gasteiger partial charge in [0.1, 0.15) is 17.5 Å². The molecule has 0 aromatic heterocycles. The molecule has 12 heteroatoms. The Balaban J connectivity index is 1.92. The number of nitriles is 1. The Kier molecular flexibility index (Phi) is 8.93. The van der Waals surface area contributed by atoms with Crippen molar-refractivity contribution in [1.29, 1.82) is 5.26 Å². The van der Waals surface area contributed by atoms with E-state index in [1.165, 1.54) is 19.2 Å². The van der Waals surface area contributed by atoms with Gasteiger partial charge in [0.25, 0.3) is 0 Å². The molecular formula is C23H18Br2FN3O5S. The van der Waals surface area contributed by atoms with Crippen molar-refractivity contribution in [3.05, 3.63) is 67.3 Å². The van der Waals surface area contributed by atoms with Gasteiger partial charge in [0.15, 0.2) is 0 Å². The number of nitrogens with one attached hydrogen (secondary N) is 2. The summed E-state index contributed by atoms with van der Waals surface area (Å²) in [6, 6.07) is 11.2. The van der Waals surface area contributed by atoms with E-state index in [2.05, 4.69) is 48.6 Å². The number of carbonyl (C=O) groups excluding carboxylic acids is 3. The first-order valence-corrected chi connectivity index (χ1v) is 12.5. The number of nitrogens with zero attached hydrogens (tertiary/aromatic N) is 1. The quantitative estimate of drug-likeness (QED) is 0.344. The summed E-state index contributed by atoms with van der Waals surface area (Å²) in [4.78, 5) is 37.8. The summed E-state index contributed by atoms with van der Waals surface area (Å²) in [7, 11) is 2.65. The maximum atomic E-state index is 14.0. The third kappa shape index (κ3) is 6.04. The van der Waals surface area contributed by atoms with Crippen molar-refractivity contribution in [2.24, 2.45) is 5.92 Å². The molecule has 2 aromatic rings. The monoisotopic (exact) mass is 625 g/mol. The molecule has 0 unspecified atom stereocenters. The van der Waals surface area contributed by atoms with Crippen molar-refractivity contribution < 1.29 is 28.2 Å². The molecule has 1 aliphatic heterocycles. The molecule has 3 rings (SSSR count). The molecule has 2 atom stereocenters. The van der Waals surface area contributed by atoms with E-state index in [1.54, 1.807) is 24.3 Å². The number of methoxy groups -OCH3 is 2. The highest BCUT2D eigenvalue weighted by atomic mass is 79.9. The minimum atomic E-state index is -1.31. The molecule has 0 saturated carbocycles. The molecule has 2 N–H and O–H groups in total. The van der Waals surface area contributed by atoms with Gasteiger partial charge in [0, 0.05) is 10.4 Å². The molecule has 0 fully saturated rings. The van der Waals surface area contributed by atoms with Crippen LogP contribution in [-0.4, -0.2) is 37.8 Å². The lowest BCUT2D eigenvalue weighted by Gasteiger charge is -2.31. The largest absolute Gasteiger partial charge is 0.496 e. The molecule has 182 valence electrons. The van der Waals surface area contributed by atoms with Gasteiger partial charge in [0.2, 0.25) is 11.8 Å². The van der Waals surface area contributed by atoms with Crippen LogP contribution in [0.2, 0.25) is 0 Å². The second kappa shape index (κ2) is 11.7. The van der Waals surface area contributed by atoms with Crippen molar-refractivity contribution >= 4 is 67.1 Å². The predicted molar refractivity (Wildman–Crippen MR) is 135 cm³/mol. The zero-order chi connectivity index (χ0) is 25.7. The Bertz CT molecular complexity index is 1260. The smallest absolute Gasteiger partial charge is 0.319 e. The van der Waals surface area contributed by atoms with Crippen LogP contribution in [0.25, 0.3) is 0 Å². The minimum absolute atomic E-state index is 0.00678. The minimum Gasteiger partial charge on any atom is -0.496 e. The van der Waals surface area contributed by atoms with E-state index < -0.39 is 35.4 Å². The molecule has 0 saturated heterocycles. The van der Waals surface area contributed by atoms with Gasteiger partial charge < -0.3 is 20.1 Å². The molecule has 0 radical (unpaired) electrons. The number of esters is 1. The molecule has 1 aliphatic rings. The van der Waals surface area contributed by atoms with Gasteiger partial charge in [-0.3, -0.25) is 14.4 Å². The fourth-order valence-electron chi connectivity index (χ4n) is 3.47. The number of thioether (sulfide) groups is 1. The summed E-state index contributed by atoms with van der Waals surface area (Å²) < 4.78 is 25.2. The molecule has 1 heterocycles. The van der Waals surface area contributed by atoms with Gasteiger partial charge in [-0.1, -0.05) is 33.8 Å². The van der Waals surface area contributed by atoms with Gasteiger partial charge in [-0.2, -0.15) is 5.26 Å². The summed E-state index contributed by atoms with van der Waals surface area (Å²) in [5.41, 5.74) is 0.580. The number of halogens is 3. The maximum absolute atomic E-state index is 14.0. The highest BCUT2D eigenvalue weighted by molar-refractivity contribution is 9.10. The van der Waals surface area contributed by atoms with Crippen molar-refractivity contribution in [3.8, 4) is 11.8 Å². The number of hydrogen-bond donors (Lipinski definition) is 2. The van der Waals surface area contributed by atoms with E-state index in [1.807, 2.05) is 0 Å². The fourth-order valence-corrected chi connectivity index (χ4v) is 5.21. The van der Waals surface area contributed by atoms with E-state index in [-0.39, 0.29) is 22.0 Å². The fraction of sp³-hybridized carbons (Fsp3) is 0.217. The third-order valence-corrected chi connectivity index (χ3v) is 7.20. The Hall–Kier alpha value is -2.88. The number of hydrogen-bond acceptors (Lipinski definition) is 7. The topological polar surface area (TPSA) is 118 Å². The van der Waals surface area contributed by atoms with Crippen molar-refractivity contribution in [2.45, 2.75) is 5.92 Å². The van der Waals surface area contributed by atoms with Crippen molar-refractivity contribution in [3.63, 3.8) is 0 Å². The molecule has 2 amide bonds. The lowest BCUT2D eigenvalue weighted by molar-refractivity contribution is -0.150. The Morgan fingerprint density at radius 1 is 1.23 bits per heavy atom. The second-order valence-corrected chi connectivity index (χ2v) is 9.93. The van der Waals surface area contributed by atoms with Crippen LogP contribution in [-0.2, 0) is 19.1 Å². The normalized spacial score (nSPS) is 17.3.